The minimum Gasteiger partial charge on any atom is -0.467 e. The molecule has 2 atom stereocenters. The molecule has 116 valence electrons. The molecule has 5 nitrogen and oxygen atoms in total. The lowest BCUT2D eigenvalue weighted by atomic mass is 9.93. The highest BCUT2D eigenvalue weighted by atomic mass is 16.5. The summed E-state index contributed by atoms with van der Waals surface area (Å²) in [5.41, 5.74) is 0. The summed E-state index contributed by atoms with van der Waals surface area (Å²) in [7, 11) is 1.36. The van der Waals surface area contributed by atoms with Crippen molar-refractivity contribution in [3.8, 4) is 0 Å². The van der Waals surface area contributed by atoms with Crippen LogP contribution in [-0.2, 0) is 14.3 Å². The Morgan fingerprint density at radius 3 is 2.55 bits per heavy atom. The van der Waals surface area contributed by atoms with Crippen molar-refractivity contribution in [1.29, 1.82) is 0 Å². The van der Waals surface area contributed by atoms with Crippen molar-refractivity contribution >= 4 is 11.9 Å². The topological polar surface area (TPSA) is 67.4 Å². The molecular weight excluding hydrogens is 256 g/mol. The maximum atomic E-state index is 12.0. The molecule has 0 saturated carbocycles. The molecule has 1 saturated heterocycles. The minimum atomic E-state index is -0.523. The summed E-state index contributed by atoms with van der Waals surface area (Å²) in [4.78, 5) is 23.7. The first-order chi connectivity index (χ1) is 9.58. The van der Waals surface area contributed by atoms with Crippen LogP contribution in [0.3, 0.4) is 0 Å². The normalized spacial score (nSPS) is 19.1. The molecule has 0 aromatic heterocycles. The van der Waals surface area contributed by atoms with Gasteiger partial charge in [0.15, 0.2) is 0 Å². The molecule has 0 aromatic carbocycles. The van der Waals surface area contributed by atoms with Crippen molar-refractivity contribution in [3.05, 3.63) is 0 Å². The van der Waals surface area contributed by atoms with E-state index in [0.29, 0.717) is 12.3 Å². The Balaban J connectivity index is 2.38. The summed E-state index contributed by atoms with van der Waals surface area (Å²) in [5, 5.41) is 6.15. The lowest BCUT2D eigenvalue weighted by molar-refractivity contribution is -0.146. The first kappa shape index (κ1) is 17.0. The van der Waals surface area contributed by atoms with E-state index in [-0.39, 0.29) is 17.8 Å². The van der Waals surface area contributed by atoms with E-state index in [0.717, 1.165) is 38.8 Å². The van der Waals surface area contributed by atoms with Gasteiger partial charge in [-0.1, -0.05) is 20.3 Å². The summed E-state index contributed by atoms with van der Waals surface area (Å²) in [5.74, 6) is 0.321. The van der Waals surface area contributed by atoms with E-state index in [1.54, 1.807) is 0 Å². The summed E-state index contributed by atoms with van der Waals surface area (Å²) in [6.07, 6.45) is 4.50. The van der Waals surface area contributed by atoms with Gasteiger partial charge in [0.05, 0.1) is 7.11 Å². The smallest absolute Gasteiger partial charge is 0.328 e. The van der Waals surface area contributed by atoms with Crippen LogP contribution >= 0.6 is 0 Å². The van der Waals surface area contributed by atoms with Gasteiger partial charge in [-0.15, -0.1) is 0 Å². The van der Waals surface area contributed by atoms with E-state index >= 15 is 0 Å². The number of ether oxygens (including phenoxy) is 1. The van der Waals surface area contributed by atoms with E-state index in [1.807, 2.05) is 13.8 Å². The van der Waals surface area contributed by atoms with Gasteiger partial charge in [0, 0.05) is 6.42 Å². The Labute approximate surface area is 121 Å². The predicted octanol–water partition coefficient (Wildman–Crippen LogP) is 1.47. The molecule has 0 radical (unpaired) electrons. The quantitative estimate of drug-likeness (QED) is 0.695. The number of carbonyl (C=O) groups is 2. The van der Waals surface area contributed by atoms with Crippen LogP contribution in [-0.4, -0.2) is 38.1 Å². The van der Waals surface area contributed by atoms with Crippen molar-refractivity contribution in [2.24, 2.45) is 11.8 Å². The SMILES string of the molecule is CCC(C)C(NC(=O)CCC1CCNCC1)C(=O)OC. The van der Waals surface area contributed by atoms with Gasteiger partial charge < -0.3 is 15.4 Å². The number of carbonyl (C=O) groups excluding carboxylic acids is 2. The van der Waals surface area contributed by atoms with Gasteiger partial charge in [-0.3, -0.25) is 4.79 Å². The molecule has 1 rings (SSSR count). The van der Waals surface area contributed by atoms with Crippen LogP contribution in [0.15, 0.2) is 0 Å². The first-order valence-electron chi connectivity index (χ1n) is 7.66. The fourth-order valence-electron chi connectivity index (χ4n) is 2.55. The second kappa shape index (κ2) is 8.95. The van der Waals surface area contributed by atoms with Gasteiger partial charge in [0.25, 0.3) is 0 Å². The van der Waals surface area contributed by atoms with Crippen molar-refractivity contribution in [1.82, 2.24) is 10.6 Å². The Kier molecular flexibility index (Phi) is 7.59. The highest BCUT2D eigenvalue weighted by Crippen LogP contribution is 2.18. The molecule has 0 bridgehead atoms. The molecule has 0 spiro atoms. The Hall–Kier alpha value is -1.10. The predicted molar refractivity (Wildman–Crippen MR) is 78.2 cm³/mol. The average Bonchev–Trinajstić information content (AvgIpc) is 2.50. The van der Waals surface area contributed by atoms with Gasteiger partial charge in [-0.25, -0.2) is 4.79 Å². The third-order valence-corrected chi connectivity index (χ3v) is 4.22. The number of hydrogen-bond donors (Lipinski definition) is 2. The van der Waals surface area contributed by atoms with E-state index < -0.39 is 6.04 Å². The van der Waals surface area contributed by atoms with Crippen LogP contribution < -0.4 is 10.6 Å². The molecule has 20 heavy (non-hydrogen) atoms. The number of nitrogens with one attached hydrogen (secondary N) is 2. The van der Waals surface area contributed by atoms with Crippen LogP contribution in [0.1, 0.15) is 46.0 Å². The zero-order valence-corrected chi connectivity index (χ0v) is 12.9. The molecule has 1 aliphatic heterocycles. The lowest BCUT2D eigenvalue weighted by Crippen LogP contribution is -2.45. The molecule has 5 heteroatoms. The summed E-state index contributed by atoms with van der Waals surface area (Å²) >= 11 is 0. The van der Waals surface area contributed by atoms with Crippen molar-refractivity contribution in [3.63, 3.8) is 0 Å². The van der Waals surface area contributed by atoms with Crippen LogP contribution in [0.5, 0.6) is 0 Å². The Morgan fingerprint density at radius 1 is 1.35 bits per heavy atom. The van der Waals surface area contributed by atoms with Crippen molar-refractivity contribution in [2.45, 2.75) is 52.0 Å². The molecule has 1 aliphatic rings. The summed E-state index contributed by atoms with van der Waals surface area (Å²) < 4.78 is 4.77. The highest BCUT2D eigenvalue weighted by Gasteiger charge is 2.26. The summed E-state index contributed by atoms with van der Waals surface area (Å²) in [6.45, 7) is 6.05. The number of methoxy groups -OCH3 is 1. The standard InChI is InChI=1S/C15H28N2O3/c1-4-11(2)14(15(19)20-3)17-13(18)6-5-12-7-9-16-10-8-12/h11-12,14,16H,4-10H2,1-3H3,(H,17,18). The van der Waals surface area contributed by atoms with Crippen LogP contribution in [0.2, 0.25) is 0 Å². The first-order valence-corrected chi connectivity index (χ1v) is 7.66. The second-order valence-corrected chi connectivity index (χ2v) is 5.69. The third-order valence-electron chi connectivity index (χ3n) is 4.22. The second-order valence-electron chi connectivity index (χ2n) is 5.69. The van der Waals surface area contributed by atoms with Gasteiger partial charge >= 0.3 is 5.97 Å². The molecule has 1 amide bonds. The van der Waals surface area contributed by atoms with Gasteiger partial charge in [-0.05, 0) is 44.2 Å². The highest BCUT2D eigenvalue weighted by molar-refractivity contribution is 5.84. The minimum absolute atomic E-state index is 0.0424. The molecular formula is C15H28N2O3. The number of hydrogen-bond acceptors (Lipinski definition) is 4. The zero-order chi connectivity index (χ0) is 15.0. The van der Waals surface area contributed by atoms with E-state index in [9.17, 15) is 9.59 Å². The summed E-state index contributed by atoms with van der Waals surface area (Å²) in [6, 6.07) is -0.523. The third kappa shape index (κ3) is 5.49. The van der Waals surface area contributed by atoms with Gasteiger partial charge in [0.2, 0.25) is 5.91 Å². The van der Waals surface area contributed by atoms with Crippen LogP contribution in [0.4, 0.5) is 0 Å². The molecule has 0 aliphatic carbocycles. The van der Waals surface area contributed by atoms with Gasteiger partial charge in [0.1, 0.15) is 6.04 Å². The number of rotatable bonds is 7. The number of piperidine rings is 1. The van der Waals surface area contributed by atoms with Crippen LogP contribution in [0.25, 0.3) is 0 Å². The van der Waals surface area contributed by atoms with Crippen LogP contribution in [0, 0.1) is 11.8 Å². The maximum Gasteiger partial charge on any atom is 0.328 e. The average molecular weight is 284 g/mol. The fraction of sp³-hybridized carbons (Fsp3) is 0.867. The van der Waals surface area contributed by atoms with Gasteiger partial charge in [-0.2, -0.15) is 0 Å². The maximum absolute atomic E-state index is 12.0. The molecule has 2 N–H and O–H groups in total. The Bertz CT molecular complexity index is 314. The molecule has 1 fully saturated rings. The fourth-order valence-corrected chi connectivity index (χ4v) is 2.55. The lowest BCUT2D eigenvalue weighted by Gasteiger charge is -2.24. The van der Waals surface area contributed by atoms with Crippen molar-refractivity contribution in [2.75, 3.05) is 20.2 Å². The molecule has 0 aromatic rings. The van der Waals surface area contributed by atoms with E-state index in [1.165, 1.54) is 7.11 Å². The monoisotopic (exact) mass is 284 g/mol. The zero-order valence-electron chi connectivity index (χ0n) is 12.9. The molecule has 1 heterocycles. The van der Waals surface area contributed by atoms with E-state index in [2.05, 4.69) is 10.6 Å². The number of amides is 1. The largest absolute Gasteiger partial charge is 0.467 e. The Morgan fingerprint density at radius 2 is 2.00 bits per heavy atom. The number of esters is 1. The van der Waals surface area contributed by atoms with Crippen molar-refractivity contribution < 1.29 is 14.3 Å². The molecule has 2 unspecified atom stereocenters. The van der Waals surface area contributed by atoms with E-state index in [4.69, 9.17) is 4.74 Å².